The molecule has 172 valence electrons. The predicted octanol–water partition coefficient (Wildman–Crippen LogP) is 2.74. The minimum absolute atomic E-state index is 0.265. The lowest BCUT2D eigenvalue weighted by Crippen LogP contribution is -2.46. The lowest BCUT2D eigenvalue weighted by molar-refractivity contribution is -0.137. The van der Waals surface area contributed by atoms with Gasteiger partial charge in [0.15, 0.2) is 0 Å². The number of halogens is 4. The number of nitrogens with zero attached hydrogens (tertiary/aromatic N) is 3. The molecule has 1 amide bonds. The van der Waals surface area contributed by atoms with Gasteiger partial charge in [-0.3, -0.25) is 14.2 Å². The first kappa shape index (κ1) is 22.4. The van der Waals surface area contributed by atoms with E-state index in [0.29, 0.717) is 33.3 Å². The Morgan fingerprint density at radius 1 is 1.09 bits per heavy atom. The maximum atomic E-state index is 13.2. The summed E-state index contributed by atoms with van der Waals surface area (Å²) in [7, 11) is 0. The number of amides is 1. The van der Waals surface area contributed by atoms with E-state index < -0.39 is 40.4 Å². The fraction of sp³-hybridized carbons (Fsp3) is 0.273. The molecule has 0 radical (unpaired) electrons. The van der Waals surface area contributed by atoms with E-state index in [0.717, 1.165) is 37.1 Å². The first-order valence-electron chi connectivity index (χ1n) is 10.1. The molecule has 1 heterocycles. The quantitative estimate of drug-likeness (QED) is 0.571. The smallest absolute Gasteiger partial charge is 0.350 e. The third kappa shape index (κ3) is 5.02. The fourth-order valence-corrected chi connectivity index (χ4v) is 3.19. The van der Waals surface area contributed by atoms with Crippen LogP contribution in [-0.2, 0) is 12.7 Å². The van der Waals surface area contributed by atoms with Crippen LogP contribution >= 0.6 is 0 Å². The Kier molecular flexibility index (Phi) is 5.88. The standard InChI is InChI=1S/C22H18F4N4O3/c23-16-8-6-14(7-9-16)12-29-20(32)18(19(31)27-11-13-4-5-13)28-30(21(29)33)17-3-1-2-15(10-17)22(24,25)26/h1-3,6-10,13H,4-5,11-12H2,(H,27,31). The van der Waals surface area contributed by atoms with Crippen LogP contribution in [0, 0.1) is 11.7 Å². The second-order valence-electron chi connectivity index (χ2n) is 7.76. The Bertz CT molecular complexity index is 1310. The van der Waals surface area contributed by atoms with Crippen molar-refractivity contribution in [1.29, 1.82) is 0 Å². The van der Waals surface area contributed by atoms with Gasteiger partial charge in [-0.1, -0.05) is 18.2 Å². The molecule has 0 unspecified atom stereocenters. The maximum absolute atomic E-state index is 13.2. The fourth-order valence-electron chi connectivity index (χ4n) is 3.19. The summed E-state index contributed by atoms with van der Waals surface area (Å²) in [5.41, 5.74) is -3.58. The van der Waals surface area contributed by atoms with Gasteiger partial charge < -0.3 is 5.32 Å². The molecule has 1 aliphatic rings. The number of carbonyl (C=O) groups excluding carboxylic acids is 1. The van der Waals surface area contributed by atoms with Crippen LogP contribution in [0.4, 0.5) is 17.6 Å². The van der Waals surface area contributed by atoms with Crippen LogP contribution in [0.25, 0.3) is 5.69 Å². The largest absolute Gasteiger partial charge is 0.416 e. The molecular formula is C22H18F4N4O3. The third-order valence-corrected chi connectivity index (χ3v) is 5.20. The number of nitrogens with one attached hydrogen (secondary N) is 1. The van der Waals surface area contributed by atoms with Gasteiger partial charge in [0.25, 0.3) is 11.5 Å². The zero-order valence-corrected chi connectivity index (χ0v) is 17.1. The number of benzene rings is 2. The highest BCUT2D eigenvalue weighted by Gasteiger charge is 2.31. The summed E-state index contributed by atoms with van der Waals surface area (Å²) in [6, 6.07) is 8.80. The van der Waals surface area contributed by atoms with E-state index in [1.165, 1.54) is 18.2 Å². The second-order valence-corrected chi connectivity index (χ2v) is 7.76. The van der Waals surface area contributed by atoms with Crippen LogP contribution in [0.15, 0.2) is 58.1 Å². The van der Waals surface area contributed by atoms with Gasteiger partial charge in [-0.25, -0.2) is 9.18 Å². The maximum Gasteiger partial charge on any atom is 0.416 e. The topological polar surface area (TPSA) is 86.0 Å². The number of hydrogen-bond acceptors (Lipinski definition) is 4. The Morgan fingerprint density at radius 2 is 1.79 bits per heavy atom. The lowest BCUT2D eigenvalue weighted by atomic mass is 10.2. The van der Waals surface area contributed by atoms with Gasteiger partial charge in [-0.15, -0.1) is 0 Å². The minimum atomic E-state index is -4.67. The summed E-state index contributed by atoms with van der Waals surface area (Å²) in [4.78, 5) is 38.6. The molecule has 0 bridgehead atoms. The molecule has 0 atom stereocenters. The molecule has 1 aromatic heterocycles. The second kappa shape index (κ2) is 8.64. The van der Waals surface area contributed by atoms with Gasteiger partial charge in [0.1, 0.15) is 5.82 Å². The van der Waals surface area contributed by atoms with Crippen LogP contribution in [0.2, 0.25) is 0 Å². The van der Waals surface area contributed by atoms with Crippen molar-refractivity contribution in [2.45, 2.75) is 25.6 Å². The van der Waals surface area contributed by atoms with Crippen molar-refractivity contribution >= 4 is 5.91 Å². The Morgan fingerprint density at radius 3 is 2.42 bits per heavy atom. The van der Waals surface area contributed by atoms with Crippen LogP contribution < -0.4 is 16.6 Å². The number of rotatable bonds is 6. The summed E-state index contributed by atoms with van der Waals surface area (Å²) in [5, 5.41) is 6.39. The summed E-state index contributed by atoms with van der Waals surface area (Å²) in [5.74, 6) is -1.06. The normalized spacial score (nSPS) is 13.7. The van der Waals surface area contributed by atoms with Gasteiger partial charge in [0.2, 0.25) is 5.69 Å². The van der Waals surface area contributed by atoms with Crippen molar-refractivity contribution in [2.24, 2.45) is 5.92 Å². The van der Waals surface area contributed by atoms with Crippen LogP contribution in [-0.4, -0.2) is 26.8 Å². The lowest BCUT2D eigenvalue weighted by Gasteiger charge is -2.14. The van der Waals surface area contributed by atoms with Crippen molar-refractivity contribution in [3.63, 3.8) is 0 Å². The molecule has 2 aromatic carbocycles. The summed E-state index contributed by atoms with van der Waals surface area (Å²) >= 11 is 0. The van der Waals surface area contributed by atoms with E-state index in [4.69, 9.17) is 0 Å². The van der Waals surface area contributed by atoms with Crippen molar-refractivity contribution in [3.05, 3.63) is 92.0 Å². The van der Waals surface area contributed by atoms with Gasteiger partial charge in [-0.2, -0.15) is 23.0 Å². The van der Waals surface area contributed by atoms with Crippen LogP contribution in [0.3, 0.4) is 0 Å². The van der Waals surface area contributed by atoms with Gasteiger partial charge in [0, 0.05) is 6.54 Å². The molecule has 7 nitrogen and oxygen atoms in total. The molecule has 0 saturated heterocycles. The highest BCUT2D eigenvalue weighted by molar-refractivity contribution is 5.91. The first-order valence-corrected chi connectivity index (χ1v) is 10.1. The van der Waals surface area contributed by atoms with E-state index in [2.05, 4.69) is 10.4 Å². The highest BCUT2D eigenvalue weighted by atomic mass is 19.4. The molecule has 0 aliphatic heterocycles. The van der Waals surface area contributed by atoms with Crippen molar-refractivity contribution in [1.82, 2.24) is 19.7 Å². The molecule has 0 spiro atoms. The van der Waals surface area contributed by atoms with Crippen molar-refractivity contribution < 1.29 is 22.4 Å². The average Bonchev–Trinajstić information content (AvgIpc) is 3.60. The van der Waals surface area contributed by atoms with E-state index >= 15 is 0 Å². The molecular weight excluding hydrogens is 444 g/mol. The third-order valence-electron chi connectivity index (χ3n) is 5.20. The minimum Gasteiger partial charge on any atom is -0.350 e. The molecule has 4 rings (SSSR count). The van der Waals surface area contributed by atoms with Gasteiger partial charge in [-0.05, 0) is 54.7 Å². The van der Waals surface area contributed by atoms with Crippen molar-refractivity contribution in [3.8, 4) is 5.69 Å². The SMILES string of the molecule is O=C(NCC1CC1)c1nn(-c2cccc(C(F)(F)F)c2)c(=O)n(Cc2ccc(F)cc2)c1=O. The number of alkyl halides is 3. The van der Waals surface area contributed by atoms with E-state index in [1.807, 2.05) is 0 Å². The molecule has 1 saturated carbocycles. The molecule has 11 heteroatoms. The monoisotopic (exact) mass is 462 g/mol. The summed E-state index contributed by atoms with van der Waals surface area (Å²) in [6.07, 6.45) is -2.80. The zero-order chi connectivity index (χ0) is 23.8. The Hall–Kier alpha value is -3.76. The van der Waals surface area contributed by atoms with Crippen LogP contribution in [0.5, 0.6) is 0 Å². The molecule has 1 N–H and O–H groups in total. The van der Waals surface area contributed by atoms with Crippen molar-refractivity contribution in [2.75, 3.05) is 6.54 Å². The Labute approximate surface area is 184 Å². The molecule has 1 aliphatic carbocycles. The molecule has 33 heavy (non-hydrogen) atoms. The van der Waals surface area contributed by atoms with E-state index in [9.17, 15) is 31.9 Å². The number of carbonyl (C=O) groups is 1. The Balaban J connectivity index is 1.83. The first-order chi connectivity index (χ1) is 15.6. The van der Waals surface area contributed by atoms with Gasteiger partial charge in [0.05, 0.1) is 17.8 Å². The van der Waals surface area contributed by atoms with E-state index in [1.54, 1.807) is 0 Å². The van der Waals surface area contributed by atoms with E-state index in [-0.39, 0.29) is 12.2 Å². The van der Waals surface area contributed by atoms with Gasteiger partial charge >= 0.3 is 11.9 Å². The molecule has 1 fully saturated rings. The molecule has 3 aromatic rings. The predicted molar refractivity (Wildman–Crippen MR) is 110 cm³/mol. The number of hydrogen-bond donors (Lipinski definition) is 1. The number of aromatic nitrogens is 3. The summed E-state index contributed by atoms with van der Waals surface area (Å²) in [6.45, 7) is -0.0110. The average molecular weight is 462 g/mol. The zero-order valence-electron chi connectivity index (χ0n) is 17.1. The van der Waals surface area contributed by atoms with Crippen LogP contribution in [0.1, 0.15) is 34.5 Å². The summed E-state index contributed by atoms with van der Waals surface area (Å²) < 4.78 is 54.1. The highest BCUT2D eigenvalue weighted by Crippen LogP contribution is 2.30.